The molecule has 0 saturated carbocycles. The van der Waals surface area contributed by atoms with E-state index in [-0.39, 0.29) is 6.10 Å². The highest BCUT2D eigenvalue weighted by atomic mass is 16.3. The van der Waals surface area contributed by atoms with E-state index in [1.54, 1.807) is 0 Å². The maximum absolute atomic E-state index is 9.32. The van der Waals surface area contributed by atoms with Gasteiger partial charge in [-0.05, 0) is 23.6 Å². The van der Waals surface area contributed by atoms with E-state index in [9.17, 15) is 5.11 Å². The SMILES string of the molecule is Nc1cccc2c1C[C@H](O)C2. The summed E-state index contributed by atoms with van der Waals surface area (Å²) in [5, 5.41) is 9.32. The lowest BCUT2D eigenvalue weighted by Crippen LogP contribution is -2.04. The van der Waals surface area contributed by atoms with E-state index in [1.807, 2.05) is 18.2 Å². The zero-order chi connectivity index (χ0) is 7.84. The number of nitrogen functional groups attached to an aromatic ring is 1. The quantitative estimate of drug-likeness (QED) is 0.534. The summed E-state index contributed by atoms with van der Waals surface area (Å²) in [6.07, 6.45) is 1.28. The molecule has 0 radical (unpaired) electrons. The first-order valence-corrected chi connectivity index (χ1v) is 3.81. The topological polar surface area (TPSA) is 46.2 Å². The third kappa shape index (κ3) is 0.994. The predicted octanol–water partition coefficient (Wildman–Crippen LogP) is 0.728. The van der Waals surface area contributed by atoms with Crippen molar-refractivity contribution in [3.8, 4) is 0 Å². The minimum Gasteiger partial charge on any atom is -0.398 e. The number of benzene rings is 1. The molecule has 1 atom stereocenters. The summed E-state index contributed by atoms with van der Waals surface area (Å²) < 4.78 is 0. The van der Waals surface area contributed by atoms with Gasteiger partial charge in [0.1, 0.15) is 0 Å². The average molecular weight is 149 g/mol. The van der Waals surface area contributed by atoms with Crippen molar-refractivity contribution in [1.29, 1.82) is 0 Å². The molecule has 1 aromatic carbocycles. The van der Waals surface area contributed by atoms with Crippen molar-refractivity contribution in [1.82, 2.24) is 0 Å². The van der Waals surface area contributed by atoms with Gasteiger partial charge >= 0.3 is 0 Å². The van der Waals surface area contributed by atoms with E-state index in [4.69, 9.17) is 5.73 Å². The Bertz CT molecular complexity index is 283. The molecular weight excluding hydrogens is 138 g/mol. The number of fused-ring (bicyclic) bond motifs is 1. The summed E-state index contributed by atoms with van der Waals surface area (Å²) in [4.78, 5) is 0. The van der Waals surface area contributed by atoms with Crippen LogP contribution in [0.1, 0.15) is 11.1 Å². The van der Waals surface area contributed by atoms with Gasteiger partial charge in [-0.15, -0.1) is 0 Å². The van der Waals surface area contributed by atoms with Crippen molar-refractivity contribution < 1.29 is 5.11 Å². The van der Waals surface area contributed by atoms with Crippen molar-refractivity contribution >= 4 is 5.69 Å². The number of aliphatic hydroxyl groups is 1. The zero-order valence-electron chi connectivity index (χ0n) is 6.25. The third-order valence-corrected chi connectivity index (χ3v) is 2.20. The Morgan fingerprint density at radius 2 is 2.18 bits per heavy atom. The van der Waals surface area contributed by atoms with Gasteiger partial charge in [0, 0.05) is 12.1 Å². The molecule has 2 rings (SSSR count). The molecule has 11 heavy (non-hydrogen) atoms. The Hall–Kier alpha value is -1.02. The highest BCUT2D eigenvalue weighted by molar-refractivity contribution is 5.53. The van der Waals surface area contributed by atoms with Crippen LogP contribution in [-0.4, -0.2) is 11.2 Å². The predicted molar refractivity (Wildman–Crippen MR) is 44.3 cm³/mol. The number of rotatable bonds is 0. The van der Waals surface area contributed by atoms with Crippen molar-refractivity contribution in [2.24, 2.45) is 0 Å². The molecule has 0 aliphatic heterocycles. The minimum absolute atomic E-state index is 0.213. The summed E-state index contributed by atoms with van der Waals surface area (Å²) in [5.41, 5.74) is 8.89. The van der Waals surface area contributed by atoms with E-state index < -0.39 is 0 Å². The van der Waals surface area contributed by atoms with Gasteiger partial charge in [0.25, 0.3) is 0 Å². The first-order valence-electron chi connectivity index (χ1n) is 3.81. The normalized spacial score (nSPS) is 21.7. The van der Waals surface area contributed by atoms with Gasteiger partial charge in [-0.2, -0.15) is 0 Å². The van der Waals surface area contributed by atoms with Crippen LogP contribution in [0.15, 0.2) is 18.2 Å². The van der Waals surface area contributed by atoms with E-state index in [1.165, 1.54) is 5.56 Å². The molecule has 2 nitrogen and oxygen atoms in total. The molecule has 0 heterocycles. The van der Waals surface area contributed by atoms with Gasteiger partial charge in [-0.3, -0.25) is 0 Å². The maximum atomic E-state index is 9.32. The highest BCUT2D eigenvalue weighted by Crippen LogP contribution is 2.26. The average Bonchev–Trinajstić information content (AvgIpc) is 2.31. The number of hydrogen-bond acceptors (Lipinski definition) is 2. The molecule has 0 unspecified atom stereocenters. The van der Waals surface area contributed by atoms with Crippen LogP contribution in [0.4, 0.5) is 5.69 Å². The van der Waals surface area contributed by atoms with Gasteiger partial charge in [-0.1, -0.05) is 12.1 Å². The van der Waals surface area contributed by atoms with Crippen LogP contribution in [0.5, 0.6) is 0 Å². The summed E-state index contributed by atoms with van der Waals surface area (Å²) in [6, 6.07) is 5.85. The molecule has 58 valence electrons. The summed E-state index contributed by atoms with van der Waals surface area (Å²) >= 11 is 0. The monoisotopic (exact) mass is 149 g/mol. The summed E-state index contributed by atoms with van der Waals surface area (Å²) in [7, 11) is 0. The standard InChI is InChI=1S/C9H11NO/c10-9-3-1-2-6-4-7(11)5-8(6)9/h1-3,7,11H,4-5,10H2/t7-/m1/s1. The Morgan fingerprint density at radius 1 is 1.36 bits per heavy atom. The molecule has 1 aliphatic carbocycles. The van der Waals surface area contributed by atoms with Crippen LogP contribution >= 0.6 is 0 Å². The van der Waals surface area contributed by atoms with Crippen LogP contribution in [-0.2, 0) is 12.8 Å². The molecular formula is C9H11NO. The lowest BCUT2D eigenvalue weighted by atomic mass is 10.1. The van der Waals surface area contributed by atoms with E-state index in [2.05, 4.69) is 0 Å². The van der Waals surface area contributed by atoms with Crippen molar-refractivity contribution in [2.75, 3.05) is 5.73 Å². The molecule has 1 aliphatic rings. The van der Waals surface area contributed by atoms with Gasteiger partial charge < -0.3 is 10.8 Å². The number of aliphatic hydroxyl groups excluding tert-OH is 1. The molecule has 0 fully saturated rings. The molecule has 2 heteroatoms. The summed E-state index contributed by atoms with van der Waals surface area (Å²) in [6.45, 7) is 0. The van der Waals surface area contributed by atoms with Crippen molar-refractivity contribution in [3.05, 3.63) is 29.3 Å². The lowest BCUT2D eigenvalue weighted by molar-refractivity contribution is 0.187. The second kappa shape index (κ2) is 2.24. The molecule has 0 amide bonds. The van der Waals surface area contributed by atoms with E-state index >= 15 is 0 Å². The molecule has 0 bridgehead atoms. The van der Waals surface area contributed by atoms with Crippen LogP contribution in [0.25, 0.3) is 0 Å². The fourth-order valence-corrected chi connectivity index (χ4v) is 1.66. The fourth-order valence-electron chi connectivity index (χ4n) is 1.66. The molecule has 3 N–H and O–H groups in total. The van der Waals surface area contributed by atoms with E-state index in [0.717, 1.165) is 24.1 Å². The van der Waals surface area contributed by atoms with Crippen LogP contribution in [0.2, 0.25) is 0 Å². The third-order valence-electron chi connectivity index (χ3n) is 2.20. The van der Waals surface area contributed by atoms with Crippen molar-refractivity contribution in [2.45, 2.75) is 18.9 Å². The maximum Gasteiger partial charge on any atom is 0.0621 e. The lowest BCUT2D eigenvalue weighted by Gasteiger charge is -2.00. The van der Waals surface area contributed by atoms with Crippen LogP contribution < -0.4 is 5.73 Å². The smallest absolute Gasteiger partial charge is 0.0621 e. The van der Waals surface area contributed by atoms with Gasteiger partial charge in [0.05, 0.1) is 6.10 Å². The molecule has 0 saturated heterocycles. The first-order chi connectivity index (χ1) is 5.27. The number of hydrogen-bond donors (Lipinski definition) is 2. The van der Waals surface area contributed by atoms with Crippen molar-refractivity contribution in [3.63, 3.8) is 0 Å². The van der Waals surface area contributed by atoms with E-state index in [0.29, 0.717) is 0 Å². The first kappa shape index (κ1) is 6.68. The largest absolute Gasteiger partial charge is 0.398 e. The van der Waals surface area contributed by atoms with Gasteiger partial charge in [0.2, 0.25) is 0 Å². The molecule has 1 aromatic rings. The summed E-state index contributed by atoms with van der Waals surface area (Å²) in [5.74, 6) is 0. The minimum atomic E-state index is -0.213. The Kier molecular flexibility index (Phi) is 1.36. The van der Waals surface area contributed by atoms with Gasteiger partial charge in [-0.25, -0.2) is 0 Å². The number of nitrogens with two attached hydrogens (primary N) is 1. The zero-order valence-corrected chi connectivity index (χ0v) is 6.25. The van der Waals surface area contributed by atoms with Gasteiger partial charge in [0.15, 0.2) is 0 Å². The molecule has 0 spiro atoms. The van der Waals surface area contributed by atoms with Crippen LogP contribution in [0.3, 0.4) is 0 Å². The molecule has 0 aromatic heterocycles. The highest BCUT2D eigenvalue weighted by Gasteiger charge is 2.20. The Labute approximate surface area is 65.7 Å². The second-order valence-corrected chi connectivity index (χ2v) is 3.05. The van der Waals surface area contributed by atoms with Crippen LogP contribution in [0, 0.1) is 0 Å². The number of anilines is 1. The Balaban J connectivity index is 2.49. The fraction of sp³-hybridized carbons (Fsp3) is 0.333. The second-order valence-electron chi connectivity index (χ2n) is 3.05. The Morgan fingerprint density at radius 3 is 2.91 bits per heavy atom.